The van der Waals surface area contributed by atoms with E-state index in [1.165, 1.54) is 0 Å². The molecule has 0 fully saturated rings. The lowest BCUT2D eigenvalue weighted by Gasteiger charge is -1.99. The minimum absolute atomic E-state index is 0.226. The molecular formula is C6H14N4O. The van der Waals surface area contributed by atoms with Crippen LogP contribution in [0.5, 0.6) is 0 Å². The van der Waals surface area contributed by atoms with E-state index in [1.54, 1.807) is 0 Å². The topological polar surface area (TPSA) is 81.0 Å². The number of aliphatic hydroxyl groups excluding tert-OH is 1. The molecule has 11 heavy (non-hydrogen) atoms. The first kappa shape index (κ1) is 10.2. The SMILES string of the molecule is [N-]=[N+]=NCCCNCCCO. The molecule has 0 saturated carbocycles. The van der Waals surface area contributed by atoms with Crippen LogP contribution in [0.3, 0.4) is 0 Å². The molecule has 0 aliphatic heterocycles. The van der Waals surface area contributed by atoms with E-state index in [1.807, 2.05) is 0 Å². The number of nitrogens with one attached hydrogen (secondary N) is 1. The van der Waals surface area contributed by atoms with Crippen molar-refractivity contribution in [3.8, 4) is 0 Å². The third kappa shape index (κ3) is 9.23. The van der Waals surface area contributed by atoms with Gasteiger partial charge in [-0.05, 0) is 31.5 Å². The fraction of sp³-hybridized carbons (Fsp3) is 1.00. The van der Waals surface area contributed by atoms with Crippen molar-refractivity contribution in [1.29, 1.82) is 0 Å². The molecule has 0 radical (unpaired) electrons. The van der Waals surface area contributed by atoms with Gasteiger partial charge >= 0.3 is 0 Å². The van der Waals surface area contributed by atoms with Gasteiger partial charge in [-0.2, -0.15) is 0 Å². The van der Waals surface area contributed by atoms with Crippen molar-refractivity contribution in [3.05, 3.63) is 10.4 Å². The fourth-order valence-electron chi connectivity index (χ4n) is 0.649. The van der Waals surface area contributed by atoms with E-state index in [9.17, 15) is 0 Å². The first-order valence-corrected chi connectivity index (χ1v) is 3.74. The summed E-state index contributed by atoms with van der Waals surface area (Å²) in [5.74, 6) is 0. The molecule has 5 heteroatoms. The van der Waals surface area contributed by atoms with Crippen LogP contribution in [0.2, 0.25) is 0 Å². The van der Waals surface area contributed by atoms with E-state index < -0.39 is 0 Å². The van der Waals surface area contributed by atoms with Gasteiger partial charge in [0.2, 0.25) is 0 Å². The summed E-state index contributed by atoms with van der Waals surface area (Å²) in [7, 11) is 0. The van der Waals surface area contributed by atoms with E-state index in [4.69, 9.17) is 10.6 Å². The van der Waals surface area contributed by atoms with E-state index in [0.717, 1.165) is 25.9 Å². The standard InChI is InChI=1S/C6H14N4O/c7-10-9-5-1-3-8-4-2-6-11/h8,11H,1-6H2. The van der Waals surface area contributed by atoms with Crippen LogP contribution in [0, 0.1) is 0 Å². The Hall–Kier alpha value is -0.770. The van der Waals surface area contributed by atoms with Crippen LogP contribution in [-0.4, -0.2) is 31.3 Å². The second kappa shape index (κ2) is 9.23. The smallest absolute Gasteiger partial charge is 0.0443 e. The van der Waals surface area contributed by atoms with Crippen LogP contribution in [-0.2, 0) is 0 Å². The Morgan fingerprint density at radius 2 is 2.09 bits per heavy atom. The summed E-state index contributed by atoms with van der Waals surface area (Å²) in [6.45, 7) is 2.44. The quantitative estimate of drug-likeness (QED) is 0.247. The van der Waals surface area contributed by atoms with E-state index in [2.05, 4.69) is 15.3 Å². The average molecular weight is 158 g/mol. The highest BCUT2D eigenvalue weighted by molar-refractivity contribution is 4.51. The molecule has 0 amide bonds. The first-order valence-electron chi connectivity index (χ1n) is 3.74. The molecule has 0 rings (SSSR count). The summed E-state index contributed by atoms with van der Waals surface area (Å²) in [5.41, 5.74) is 7.91. The third-order valence-corrected chi connectivity index (χ3v) is 1.19. The average Bonchev–Trinajstić information content (AvgIpc) is 2.03. The largest absolute Gasteiger partial charge is 0.396 e. The molecule has 2 N–H and O–H groups in total. The maximum Gasteiger partial charge on any atom is 0.0443 e. The highest BCUT2D eigenvalue weighted by atomic mass is 16.3. The molecule has 0 bridgehead atoms. The maximum atomic E-state index is 8.40. The maximum absolute atomic E-state index is 8.40. The number of hydrogen-bond donors (Lipinski definition) is 2. The molecule has 0 aromatic rings. The Balaban J connectivity index is 2.84. The molecule has 0 aromatic heterocycles. The normalized spacial score (nSPS) is 9.18. The van der Waals surface area contributed by atoms with Crippen molar-refractivity contribution in [1.82, 2.24) is 5.32 Å². The molecule has 0 spiro atoms. The van der Waals surface area contributed by atoms with Gasteiger partial charge in [0.05, 0.1) is 0 Å². The number of azide groups is 1. The minimum Gasteiger partial charge on any atom is -0.396 e. The van der Waals surface area contributed by atoms with Gasteiger partial charge in [0, 0.05) is 18.1 Å². The van der Waals surface area contributed by atoms with Crippen molar-refractivity contribution in [3.63, 3.8) is 0 Å². The lowest BCUT2D eigenvalue weighted by molar-refractivity contribution is 0.286. The van der Waals surface area contributed by atoms with Gasteiger partial charge in [0.15, 0.2) is 0 Å². The molecule has 0 unspecified atom stereocenters. The van der Waals surface area contributed by atoms with Crippen LogP contribution < -0.4 is 5.32 Å². The van der Waals surface area contributed by atoms with Gasteiger partial charge in [-0.25, -0.2) is 0 Å². The van der Waals surface area contributed by atoms with Crippen molar-refractivity contribution in [2.45, 2.75) is 12.8 Å². The fourth-order valence-corrected chi connectivity index (χ4v) is 0.649. The van der Waals surface area contributed by atoms with Gasteiger partial charge in [-0.15, -0.1) is 0 Å². The van der Waals surface area contributed by atoms with Crippen LogP contribution in [0.1, 0.15) is 12.8 Å². The zero-order valence-electron chi connectivity index (χ0n) is 6.53. The van der Waals surface area contributed by atoms with Gasteiger partial charge in [0.25, 0.3) is 0 Å². The van der Waals surface area contributed by atoms with E-state index >= 15 is 0 Å². The summed E-state index contributed by atoms with van der Waals surface area (Å²) in [4.78, 5) is 2.63. The molecule has 0 aliphatic carbocycles. The Morgan fingerprint density at radius 1 is 1.36 bits per heavy atom. The van der Waals surface area contributed by atoms with Gasteiger partial charge in [-0.1, -0.05) is 5.11 Å². The highest BCUT2D eigenvalue weighted by Gasteiger charge is 1.85. The summed E-state index contributed by atoms with van der Waals surface area (Å²) in [5, 5.41) is 14.9. The Kier molecular flexibility index (Phi) is 8.58. The minimum atomic E-state index is 0.226. The number of nitrogens with zero attached hydrogens (tertiary/aromatic N) is 3. The first-order chi connectivity index (χ1) is 5.41. The molecule has 0 heterocycles. The lowest BCUT2D eigenvalue weighted by Crippen LogP contribution is -2.18. The van der Waals surface area contributed by atoms with E-state index in [0.29, 0.717) is 6.54 Å². The molecule has 0 saturated heterocycles. The van der Waals surface area contributed by atoms with Crippen LogP contribution in [0.15, 0.2) is 5.11 Å². The van der Waals surface area contributed by atoms with Crippen LogP contribution >= 0.6 is 0 Å². The molecular weight excluding hydrogens is 144 g/mol. The zero-order valence-corrected chi connectivity index (χ0v) is 6.53. The Morgan fingerprint density at radius 3 is 2.73 bits per heavy atom. The molecule has 5 nitrogen and oxygen atoms in total. The third-order valence-electron chi connectivity index (χ3n) is 1.19. The predicted molar refractivity (Wildman–Crippen MR) is 43.2 cm³/mol. The van der Waals surface area contributed by atoms with Crippen LogP contribution in [0.4, 0.5) is 0 Å². The van der Waals surface area contributed by atoms with Crippen molar-refractivity contribution in [2.75, 3.05) is 26.2 Å². The summed E-state index contributed by atoms with van der Waals surface area (Å²) < 4.78 is 0. The van der Waals surface area contributed by atoms with Crippen LogP contribution in [0.25, 0.3) is 10.4 Å². The van der Waals surface area contributed by atoms with Gasteiger partial charge in [0.1, 0.15) is 0 Å². The van der Waals surface area contributed by atoms with Crippen molar-refractivity contribution < 1.29 is 5.11 Å². The van der Waals surface area contributed by atoms with Gasteiger partial charge < -0.3 is 10.4 Å². The molecule has 0 aliphatic rings. The molecule has 0 atom stereocenters. The van der Waals surface area contributed by atoms with Crippen molar-refractivity contribution in [2.24, 2.45) is 5.11 Å². The zero-order chi connectivity index (χ0) is 8.36. The Labute approximate surface area is 66.0 Å². The summed E-state index contributed by atoms with van der Waals surface area (Å²) in [6, 6.07) is 0. The molecule has 64 valence electrons. The number of aliphatic hydroxyl groups is 1. The number of hydrogen-bond acceptors (Lipinski definition) is 3. The predicted octanol–water partition coefficient (Wildman–Crippen LogP) is 0.659. The highest BCUT2D eigenvalue weighted by Crippen LogP contribution is 1.79. The monoisotopic (exact) mass is 158 g/mol. The molecule has 0 aromatic carbocycles. The second-order valence-electron chi connectivity index (χ2n) is 2.14. The summed E-state index contributed by atoms with van der Waals surface area (Å²) in [6.07, 6.45) is 1.64. The lowest BCUT2D eigenvalue weighted by atomic mass is 10.4. The number of rotatable bonds is 7. The second-order valence-corrected chi connectivity index (χ2v) is 2.14. The van der Waals surface area contributed by atoms with Crippen molar-refractivity contribution >= 4 is 0 Å². The Bertz CT molecular complexity index is 122. The van der Waals surface area contributed by atoms with E-state index in [-0.39, 0.29) is 6.61 Å². The van der Waals surface area contributed by atoms with Gasteiger partial charge in [-0.3, -0.25) is 0 Å². The summed E-state index contributed by atoms with van der Waals surface area (Å²) >= 11 is 0.